The number of aliphatic carboxylic acids is 1. The normalized spacial score (nSPS) is 15.2. The smallest absolute Gasteiger partial charge is 0.328 e. The third-order valence-electron chi connectivity index (χ3n) is 7.35. The Kier molecular flexibility index (Phi) is 15.6. The van der Waals surface area contributed by atoms with E-state index >= 15 is 0 Å². The number of phenolic OH excluding ortho intramolecular Hbond substituents is 1. The molecule has 270 valence electrons. The highest BCUT2D eigenvalue weighted by Gasteiger charge is 2.34. The van der Waals surface area contributed by atoms with Crippen molar-refractivity contribution in [2.24, 2.45) is 11.7 Å². The van der Waals surface area contributed by atoms with Crippen molar-refractivity contribution in [3.05, 3.63) is 65.7 Å². The number of phenols is 1. The van der Waals surface area contributed by atoms with Gasteiger partial charge >= 0.3 is 5.97 Å². The maximum absolute atomic E-state index is 13.8. The number of carboxylic acid groups (broad SMARTS) is 1. The van der Waals surface area contributed by atoms with Gasteiger partial charge in [0.1, 0.15) is 23.9 Å². The van der Waals surface area contributed by atoms with Crippen LogP contribution in [0.5, 0.6) is 5.75 Å². The number of rotatable bonds is 18. The number of amides is 4. The van der Waals surface area contributed by atoms with Gasteiger partial charge in [0.25, 0.3) is 0 Å². The molecule has 14 heteroatoms. The Morgan fingerprint density at radius 2 is 1.24 bits per heavy atom. The van der Waals surface area contributed by atoms with Crippen LogP contribution in [-0.2, 0) is 41.6 Å². The van der Waals surface area contributed by atoms with Gasteiger partial charge in [-0.15, -0.1) is 0 Å². The number of carbonyl (C=O) groups is 5. The number of nitrogens with one attached hydrogen (secondary N) is 4. The standard InChI is InChI=1S/C35H51N5O9/c1-20(2)16-26(32(45)40-29(21(3)41)34(47)48)37-31(44)27(18-22-10-8-7-9-11-22)38-33(46)28(19-49-35(4,5)6)39-30(43)25(36)17-23-12-14-24(42)15-13-23/h7-15,20-21,25-29,41-42H,16-19,36H2,1-6H3,(H,37,44)(H,38,46)(H,39,43)(H,40,45)(H,47,48)/t21-,25+,26+,27+,28-,29+/m1/s1. The van der Waals surface area contributed by atoms with Gasteiger partial charge in [0.15, 0.2) is 6.04 Å². The highest BCUT2D eigenvalue weighted by Crippen LogP contribution is 2.13. The monoisotopic (exact) mass is 685 g/mol. The number of nitrogens with two attached hydrogens (primary N) is 1. The summed E-state index contributed by atoms with van der Waals surface area (Å²) >= 11 is 0. The lowest BCUT2D eigenvalue weighted by Crippen LogP contribution is -2.60. The van der Waals surface area contributed by atoms with Crippen LogP contribution in [-0.4, -0.2) is 93.4 Å². The van der Waals surface area contributed by atoms with E-state index in [0.717, 1.165) is 0 Å². The lowest BCUT2D eigenvalue weighted by Gasteiger charge is -2.28. The van der Waals surface area contributed by atoms with Crippen molar-refractivity contribution in [2.75, 3.05) is 6.61 Å². The van der Waals surface area contributed by atoms with Crippen molar-refractivity contribution in [1.82, 2.24) is 21.3 Å². The highest BCUT2D eigenvalue weighted by molar-refractivity contribution is 5.95. The molecule has 0 bridgehead atoms. The number of aliphatic hydroxyl groups is 1. The van der Waals surface area contributed by atoms with Gasteiger partial charge in [-0.25, -0.2) is 4.79 Å². The summed E-state index contributed by atoms with van der Waals surface area (Å²) in [6.45, 7) is 9.93. The van der Waals surface area contributed by atoms with E-state index in [2.05, 4.69) is 21.3 Å². The Morgan fingerprint density at radius 1 is 0.735 bits per heavy atom. The molecular weight excluding hydrogens is 634 g/mol. The molecule has 0 heterocycles. The Balaban J connectivity index is 2.33. The molecule has 9 N–H and O–H groups in total. The zero-order valence-electron chi connectivity index (χ0n) is 28.9. The summed E-state index contributed by atoms with van der Waals surface area (Å²) in [7, 11) is 0. The van der Waals surface area contributed by atoms with Crippen molar-refractivity contribution in [1.29, 1.82) is 0 Å². The molecule has 49 heavy (non-hydrogen) atoms. The van der Waals surface area contributed by atoms with E-state index in [-0.39, 0.29) is 37.5 Å². The van der Waals surface area contributed by atoms with Crippen LogP contribution in [0.4, 0.5) is 0 Å². The van der Waals surface area contributed by atoms with Crippen LogP contribution in [0.2, 0.25) is 0 Å². The summed E-state index contributed by atoms with van der Waals surface area (Å²) in [6, 6.07) is 8.68. The fourth-order valence-electron chi connectivity index (χ4n) is 4.72. The maximum atomic E-state index is 13.8. The number of ether oxygens (including phenoxy) is 1. The first-order chi connectivity index (χ1) is 22.9. The first-order valence-electron chi connectivity index (χ1n) is 16.2. The quantitative estimate of drug-likeness (QED) is 0.110. The lowest BCUT2D eigenvalue weighted by atomic mass is 10.00. The molecule has 2 aromatic carbocycles. The molecule has 6 atom stereocenters. The average Bonchev–Trinajstić information content (AvgIpc) is 3.01. The summed E-state index contributed by atoms with van der Waals surface area (Å²) in [4.78, 5) is 65.5. The zero-order valence-corrected chi connectivity index (χ0v) is 28.9. The van der Waals surface area contributed by atoms with E-state index in [4.69, 9.17) is 10.5 Å². The number of carboxylic acids is 1. The first-order valence-corrected chi connectivity index (χ1v) is 16.2. The number of benzene rings is 2. The predicted octanol–water partition coefficient (Wildman–Crippen LogP) is 0.771. The van der Waals surface area contributed by atoms with Gasteiger partial charge in [-0.2, -0.15) is 0 Å². The molecule has 0 fully saturated rings. The Morgan fingerprint density at radius 3 is 1.78 bits per heavy atom. The van der Waals surface area contributed by atoms with Crippen molar-refractivity contribution in [2.45, 2.75) is 103 Å². The van der Waals surface area contributed by atoms with Gasteiger partial charge in [0.2, 0.25) is 23.6 Å². The topological polar surface area (TPSA) is 229 Å². The fraction of sp³-hybridized carbons (Fsp3) is 0.514. The third-order valence-corrected chi connectivity index (χ3v) is 7.35. The van der Waals surface area contributed by atoms with E-state index < -0.39 is 71.5 Å². The minimum Gasteiger partial charge on any atom is -0.508 e. The van der Waals surface area contributed by atoms with E-state index in [1.807, 2.05) is 13.8 Å². The van der Waals surface area contributed by atoms with Crippen LogP contribution in [0.25, 0.3) is 0 Å². The molecule has 0 aliphatic rings. The van der Waals surface area contributed by atoms with Gasteiger partial charge in [-0.1, -0.05) is 56.3 Å². The summed E-state index contributed by atoms with van der Waals surface area (Å²) in [5.41, 5.74) is 6.86. The molecule has 2 aromatic rings. The summed E-state index contributed by atoms with van der Waals surface area (Å²) in [6.07, 6.45) is -1.14. The third kappa shape index (κ3) is 14.6. The van der Waals surface area contributed by atoms with Crippen molar-refractivity contribution in [3.63, 3.8) is 0 Å². The number of carbonyl (C=O) groups excluding carboxylic acids is 4. The lowest BCUT2D eigenvalue weighted by molar-refractivity contribution is -0.145. The molecule has 2 rings (SSSR count). The highest BCUT2D eigenvalue weighted by atomic mass is 16.5. The zero-order chi connectivity index (χ0) is 36.9. The number of aromatic hydroxyl groups is 1. The molecule has 0 aliphatic carbocycles. The molecule has 0 aliphatic heterocycles. The van der Waals surface area contributed by atoms with Crippen molar-refractivity contribution in [3.8, 4) is 5.75 Å². The van der Waals surface area contributed by atoms with E-state index in [0.29, 0.717) is 11.1 Å². The predicted molar refractivity (Wildman–Crippen MR) is 182 cm³/mol. The van der Waals surface area contributed by atoms with E-state index in [1.165, 1.54) is 19.1 Å². The minimum absolute atomic E-state index is 0.0149. The van der Waals surface area contributed by atoms with Crippen LogP contribution < -0.4 is 27.0 Å². The molecule has 0 radical (unpaired) electrons. The molecule has 0 unspecified atom stereocenters. The van der Waals surface area contributed by atoms with Gasteiger partial charge in [-0.05, 0) is 69.7 Å². The minimum atomic E-state index is -1.61. The molecule has 4 amide bonds. The van der Waals surface area contributed by atoms with Gasteiger partial charge in [-0.3, -0.25) is 19.2 Å². The van der Waals surface area contributed by atoms with Crippen molar-refractivity contribution >= 4 is 29.6 Å². The Bertz CT molecular complexity index is 1390. The van der Waals surface area contributed by atoms with E-state index in [1.54, 1.807) is 63.2 Å². The molecule has 0 aromatic heterocycles. The number of aliphatic hydroxyl groups excluding tert-OH is 1. The molecule has 0 spiro atoms. The number of hydrogen-bond acceptors (Lipinski definition) is 9. The van der Waals surface area contributed by atoms with Crippen LogP contribution >= 0.6 is 0 Å². The van der Waals surface area contributed by atoms with E-state index in [9.17, 15) is 39.3 Å². The van der Waals surface area contributed by atoms with Gasteiger partial charge in [0.05, 0.1) is 24.4 Å². The second kappa shape index (κ2) is 18.9. The van der Waals surface area contributed by atoms with Crippen LogP contribution in [0.15, 0.2) is 54.6 Å². The van der Waals surface area contributed by atoms with Crippen LogP contribution in [0.3, 0.4) is 0 Å². The second-order valence-corrected chi connectivity index (χ2v) is 13.5. The summed E-state index contributed by atoms with van der Waals surface area (Å²) in [5, 5.41) is 39.1. The number of hydrogen-bond donors (Lipinski definition) is 8. The Hall–Kier alpha value is -4.53. The maximum Gasteiger partial charge on any atom is 0.328 e. The van der Waals surface area contributed by atoms with Gasteiger partial charge in [0, 0.05) is 6.42 Å². The molecular formula is C35H51N5O9. The Labute approximate surface area is 287 Å². The second-order valence-electron chi connectivity index (χ2n) is 13.5. The summed E-state index contributed by atoms with van der Waals surface area (Å²) < 4.78 is 5.83. The first kappa shape index (κ1) is 40.6. The largest absolute Gasteiger partial charge is 0.508 e. The van der Waals surface area contributed by atoms with Crippen LogP contribution in [0.1, 0.15) is 59.1 Å². The summed E-state index contributed by atoms with van der Waals surface area (Å²) in [5.74, 6) is -4.41. The van der Waals surface area contributed by atoms with Gasteiger partial charge < -0.3 is 47.1 Å². The molecule has 0 saturated heterocycles. The van der Waals surface area contributed by atoms with Crippen LogP contribution in [0, 0.1) is 5.92 Å². The van der Waals surface area contributed by atoms with Crippen molar-refractivity contribution < 1.29 is 44.0 Å². The molecule has 14 nitrogen and oxygen atoms in total. The average molecular weight is 686 g/mol. The SMILES string of the molecule is CC(C)C[C@H](NC(=O)[C@H](Cc1ccccc1)NC(=O)[C@@H](COC(C)(C)C)NC(=O)[C@@H](N)Cc1ccc(O)cc1)C(=O)N[C@H](C(=O)O)[C@@H](C)O. The fourth-order valence-corrected chi connectivity index (χ4v) is 4.72. The molecule has 0 saturated carbocycles.